The number of nitrogens with zero attached hydrogens (tertiary/aromatic N) is 2. The number of rotatable bonds is 6. The summed E-state index contributed by atoms with van der Waals surface area (Å²) in [6.45, 7) is 3.71. The third-order valence-electron chi connectivity index (χ3n) is 2.22. The van der Waals surface area contributed by atoms with Crippen molar-refractivity contribution >= 4 is 18.3 Å². The summed E-state index contributed by atoms with van der Waals surface area (Å²) in [5, 5.41) is 6.90. The Kier molecular flexibility index (Phi) is 7.58. The first-order chi connectivity index (χ1) is 7.24. The second-order valence-electron chi connectivity index (χ2n) is 3.55. The summed E-state index contributed by atoms with van der Waals surface area (Å²) in [7, 11) is 0. The average Bonchev–Trinajstić information content (AvgIpc) is 2.75. The molecule has 1 unspecified atom stereocenters. The van der Waals surface area contributed by atoms with Gasteiger partial charge in [0.05, 0.1) is 0 Å². The van der Waals surface area contributed by atoms with Crippen LogP contribution in [0, 0.1) is 5.92 Å². The molecule has 1 rings (SSSR count). The van der Waals surface area contributed by atoms with Crippen LogP contribution in [0.25, 0.3) is 0 Å². The molecule has 0 fully saturated rings. The number of nitrogens with one attached hydrogen (secondary N) is 1. The maximum atomic E-state index is 11.3. The van der Waals surface area contributed by atoms with Gasteiger partial charge >= 0.3 is 0 Å². The first-order valence-electron chi connectivity index (χ1n) is 5.19. The van der Waals surface area contributed by atoms with Crippen molar-refractivity contribution in [3.8, 4) is 0 Å². The predicted molar refractivity (Wildman–Crippen MR) is 65.3 cm³/mol. The fourth-order valence-electron chi connectivity index (χ4n) is 1.17. The van der Waals surface area contributed by atoms with Gasteiger partial charge in [-0.2, -0.15) is 5.10 Å². The van der Waals surface area contributed by atoms with E-state index in [9.17, 15) is 4.79 Å². The van der Waals surface area contributed by atoms with E-state index >= 15 is 0 Å². The van der Waals surface area contributed by atoms with Crippen molar-refractivity contribution in [1.82, 2.24) is 15.1 Å². The molecule has 3 N–H and O–H groups in total. The zero-order valence-corrected chi connectivity index (χ0v) is 10.2. The van der Waals surface area contributed by atoms with Gasteiger partial charge < -0.3 is 11.1 Å². The molecular formula is C10H19ClN4O. The van der Waals surface area contributed by atoms with Gasteiger partial charge in [-0.25, -0.2) is 0 Å². The van der Waals surface area contributed by atoms with Crippen molar-refractivity contribution in [2.75, 3.05) is 13.1 Å². The highest BCUT2D eigenvalue weighted by atomic mass is 35.5. The Morgan fingerprint density at radius 3 is 2.94 bits per heavy atom. The molecule has 92 valence electrons. The molecule has 1 aromatic rings. The monoisotopic (exact) mass is 246 g/mol. The molecule has 0 bridgehead atoms. The van der Waals surface area contributed by atoms with Gasteiger partial charge in [0.1, 0.15) is 0 Å². The maximum Gasteiger partial charge on any atom is 0.224 e. The van der Waals surface area contributed by atoms with Crippen LogP contribution in [0.3, 0.4) is 0 Å². The van der Waals surface area contributed by atoms with E-state index < -0.39 is 0 Å². The van der Waals surface area contributed by atoms with E-state index in [0.717, 1.165) is 13.0 Å². The third kappa shape index (κ3) is 5.14. The number of halogens is 1. The van der Waals surface area contributed by atoms with Crippen LogP contribution < -0.4 is 11.1 Å². The Morgan fingerprint density at radius 2 is 2.38 bits per heavy atom. The van der Waals surface area contributed by atoms with Gasteiger partial charge in [0.25, 0.3) is 0 Å². The number of nitrogens with two attached hydrogens (primary N) is 1. The molecule has 0 aliphatic rings. The van der Waals surface area contributed by atoms with Crippen molar-refractivity contribution in [3.63, 3.8) is 0 Å². The van der Waals surface area contributed by atoms with E-state index in [0.29, 0.717) is 13.1 Å². The average molecular weight is 247 g/mol. The molecule has 1 atom stereocenters. The molecule has 1 aromatic heterocycles. The fourth-order valence-corrected chi connectivity index (χ4v) is 1.17. The van der Waals surface area contributed by atoms with Crippen LogP contribution in [-0.2, 0) is 11.3 Å². The SMILES string of the molecule is CC(CN)C(=O)NCCCn1cccn1.Cl. The Labute approximate surface area is 102 Å². The highest BCUT2D eigenvalue weighted by Crippen LogP contribution is 1.92. The zero-order valence-electron chi connectivity index (χ0n) is 9.43. The lowest BCUT2D eigenvalue weighted by molar-refractivity contribution is -0.124. The molecule has 0 saturated heterocycles. The van der Waals surface area contributed by atoms with E-state index in [1.807, 2.05) is 23.9 Å². The minimum atomic E-state index is -0.102. The molecule has 0 saturated carbocycles. The van der Waals surface area contributed by atoms with Crippen LogP contribution in [-0.4, -0.2) is 28.8 Å². The lowest BCUT2D eigenvalue weighted by atomic mass is 10.2. The Morgan fingerprint density at radius 1 is 1.62 bits per heavy atom. The van der Waals surface area contributed by atoms with Crippen molar-refractivity contribution in [2.24, 2.45) is 11.7 Å². The molecule has 6 heteroatoms. The molecule has 5 nitrogen and oxygen atoms in total. The van der Waals surface area contributed by atoms with Crippen LogP contribution in [0.15, 0.2) is 18.5 Å². The fraction of sp³-hybridized carbons (Fsp3) is 0.600. The molecule has 0 aromatic carbocycles. The molecule has 16 heavy (non-hydrogen) atoms. The maximum absolute atomic E-state index is 11.3. The van der Waals surface area contributed by atoms with E-state index in [-0.39, 0.29) is 24.2 Å². The highest BCUT2D eigenvalue weighted by Gasteiger charge is 2.08. The molecule has 0 radical (unpaired) electrons. The topological polar surface area (TPSA) is 72.9 Å². The number of carbonyl (C=O) groups excluding carboxylic acids is 1. The standard InChI is InChI=1S/C10H18N4O.ClH/c1-9(8-11)10(15)12-4-2-6-14-7-3-5-13-14;/h3,5,7,9H,2,4,6,8,11H2,1H3,(H,12,15);1H. The normalized spacial score (nSPS) is 11.6. The zero-order chi connectivity index (χ0) is 11.1. The van der Waals surface area contributed by atoms with Gasteiger partial charge in [-0.3, -0.25) is 9.48 Å². The number of aromatic nitrogens is 2. The summed E-state index contributed by atoms with van der Waals surface area (Å²) in [5.74, 6) is -0.0762. The molecule has 1 heterocycles. The minimum absolute atomic E-state index is 0. The van der Waals surface area contributed by atoms with E-state index in [1.165, 1.54) is 0 Å². The van der Waals surface area contributed by atoms with Crippen LogP contribution >= 0.6 is 12.4 Å². The second-order valence-corrected chi connectivity index (χ2v) is 3.55. The molecule has 0 spiro atoms. The Hall–Kier alpha value is -1.07. The van der Waals surface area contributed by atoms with Crippen molar-refractivity contribution < 1.29 is 4.79 Å². The smallest absolute Gasteiger partial charge is 0.224 e. The summed E-state index contributed by atoms with van der Waals surface area (Å²) >= 11 is 0. The van der Waals surface area contributed by atoms with Crippen LogP contribution in [0.1, 0.15) is 13.3 Å². The summed E-state index contributed by atoms with van der Waals surface area (Å²) in [6, 6.07) is 1.88. The summed E-state index contributed by atoms with van der Waals surface area (Å²) < 4.78 is 1.85. The van der Waals surface area contributed by atoms with Gasteiger partial charge in [0.15, 0.2) is 0 Å². The van der Waals surface area contributed by atoms with E-state index in [2.05, 4.69) is 10.4 Å². The lowest BCUT2D eigenvalue weighted by Gasteiger charge is -2.09. The summed E-state index contributed by atoms with van der Waals surface area (Å²) in [4.78, 5) is 11.3. The van der Waals surface area contributed by atoms with Crippen LogP contribution in [0.5, 0.6) is 0 Å². The number of hydrogen-bond acceptors (Lipinski definition) is 3. The highest BCUT2D eigenvalue weighted by molar-refractivity contribution is 5.85. The third-order valence-corrected chi connectivity index (χ3v) is 2.22. The molecule has 1 amide bonds. The van der Waals surface area contributed by atoms with Gasteiger partial charge in [0.2, 0.25) is 5.91 Å². The molecule has 0 aliphatic carbocycles. The van der Waals surface area contributed by atoms with Crippen LogP contribution in [0.4, 0.5) is 0 Å². The predicted octanol–water partition coefficient (Wildman–Crippen LogP) is 0.406. The van der Waals surface area contributed by atoms with Gasteiger partial charge in [0, 0.05) is 37.9 Å². The lowest BCUT2D eigenvalue weighted by Crippen LogP contribution is -2.34. The van der Waals surface area contributed by atoms with Crippen molar-refractivity contribution in [1.29, 1.82) is 0 Å². The Balaban J connectivity index is 0.00000225. The minimum Gasteiger partial charge on any atom is -0.356 e. The Bertz CT molecular complexity index is 289. The number of carbonyl (C=O) groups is 1. The largest absolute Gasteiger partial charge is 0.356 e. The van der Waals surface area contributed by atoms with E-state index in [4.69, 9.17) is 5.73 Å². The molecule has 0 aliphatic heterocycles. The van der Waals surface area contributed by atoms with Gasteiger partial charge in [-0.1, -0.05) is 6.92 Å². The quantitative estimate of drug-likeness (QED) is 0.714. The van der Waals surface area contributed by atoms with Crippen molar-refractivity contribution in [2.45, 2.75) is 19.9 Å². The molecular weight excluding hydrogens is 228 g/mol. The van der Waals surface area contributed by atoms with E-state index in [1.54, 1.807) is 6.20 Å². The second kappa shape index (κ2) is 8.13. The van der Waals surface area contributed by atoms with Gasteiger partial charge in [-0.15, -0.1) is 12.4 Å². The number of amides is 1. The first-order valence-corrected chi connectivity index (χ1v) is 5.19. The van der Waals surface area contributed by atoms with Crippen molar-refractivity contribution in [3.05, 3.63) is 18.5 Å². The summed E-state index contributed by atoms with van der Waals surface area (Å²) in [6.07, 6.45) is 4.53. The number of hydrogen-bond donors (Lipinski definition) is 2. The summed E-state index contributed by atoms with van der Waals surface area (Å²) in [5.41, 5.74) is 5.38. The number of aryl methyl sites for hydroxylation is 1. The van der Waals surface area contributed by atoms with Crippen LogP contribution in [0.2, 0.25) is 0 Å². The first kappa shape index (κ1) is 14.9. The van der Waals surface area contributed by atoms with Gasteiger partial charge in [-0.05, 0) is 12.5 Å².